The molecule has 1 nitrogen and oxygen atoms in total. The molecule has 0 aliphatic heterocycles. The maximum Gasteiger partial charge on any atom is 0.0323 e. The monoisotopic (exact) mass is 259 g/mol. The molecule has 1 aliphatic carbocycles. The molecular weight excluding hydrogens is 230 g/mol. The van der Waals surface area contributed by atoms with Gasteiger partial charge in [0.2, 0.25) is 0 Å². The average Bonchev–Trinajstić information content (AvgIpc) is 2.48. The Hall–Kier alpha value is -0.820. The molecule has 3 atom stereocenters. The lowest BCUT2D eigenvalue weighted by molar-refractivity contribution is 0.230. The fourth-order valence-electron chi connectivity index (χ4n) is 3.50. The Morgan fingerprint density at radius 2 is 1.89 bits per heavy atom. The molecule has 1 aromatic rings. The van der Waals surface area contributed by atoms with Crippen molar-refractivity contribution in [3.05, 3.63) is 35.4 Å². The van der Waals surface area contributed by atoms with Gasteiger partial charge in [0, 0.05) is 6.04 Å². The van der Waals surface area contributed by atoms with E-state index < -0.39 is 0 Å². The third kappa shape index (κ3) is 3.82. The Morgan fingerprint density at radius 1 is 1.16 bits per heavy atom. The Bertz CT molecular complexity index is 368. The minimum Gasteiger partial charge on any atom is -0.324 e. The van der Waals surface area contributed by atoms with E-state index in [1.807, 2.05) is 0 Å². The van der Waals surface area contributed by atoms with Crippen LogP contribution in [0.25, 0.3) is 0 Å². The van der Waals surface area contributed by atoms with Crippen LogP contribution < -0.4 is 5.73 Å². The Labute approximate surface area is 118 Å². The van der Waals surface area contributed by atoms with Gasteiger partial charge in [-0.15, -0.1) is 0 Å². The maximum absolute atomic E-state index is 6.51. The fraction of sp³-hybridized carbons (Fsp3) is 0.667. The van der Waals surface area contributed by atoms with Crippen molar-refractivity contribution < 1.29 is 0 Å². The normalized spacial score (nSPS) is 25.2. The van der Waals surface area contributed by atoms with Crippen LogP contribution in [0.15, 0.2) is 24.3 Å². The number of benzene rings is 1. The van der Waals surface area contributed by atoms with E-state index in [9.17, 15) is 0 Å². The Balaban J connectivity index is 1.99. The SMILES string of the molecule is CCCc1ccc(C(N)C2CCCC(CC)C2)cc1. The number of nitrogens with two attached hydrogens (primary N) is 1. The first-order chi connectivity index (χ1) is 9.24. The van der Waals surface area contributed by atoms with Crippen molar-refractivity contribution in [2.45, 2.75) is 64.8 Å². The molecule has 0 amide bonds. The molecule has 0 spiro atoms. The van der Waals surface area contributed by atoms with Crippen LogP contribution in [0.4, 0.5) is 0 Å². The van der Waals surface area contributed by atoms with Crippen LogP contribution >= 0.6 is 0 Å². The van der Waals surface area contributed by atoms with Crippen molar-refractivity contribution in [3.63, 3.8) is 0 Å². The summed E-state index contributed by atoms with van der Waals surface area (Å²) in [6.07, 6.45) is 9.13. The average molecular weight is 259 g/mol. The van der Waals surface area contributed by atoms with E-state index in [4.69, 9.17) is 5.73 Å². The van der Waals surface area contributed by atoms with Gasteiger partial charge in [-0.2, -0.15) is 0 Å². The van der Waals surface area contributed by atoms with Crippen LogP contribution in [-0.2, 0) is 6.42 Å². The van der Waals surface area contributed by atoms with Gasteiger partial charge < -0.3 is 5.73 Å². The lowest BCUT2D eigenvalue weighted by atomic mass is 9.75. The molecule has 1 aliphatic rings. The third-order valence-corrected chi connectivity index (χ3v) is 4.81. The molecule has 1 aromatic carbocycles. The van der Waals surface area contributed by atoms with Gasteiger partial charge in [-0.3, -0.25) is 0 Å². The van der Waals surface area contributed by atoms with Crippen LogP contribution in [0, 0.1) is 11.8 Å². The van der Waals surface area contributed by atoms with E-state index in [-0.39, 0.29) is 6.04 Å². The summed E-state index contributed by atoms with van der Waals surface area (Å²) in [7, 11) is 0. The van der Waals surface area contributed by atoms with Crippen LogP contribution in [0.3, 0.4) is 0 Å². The Kier molecular flexibility index (Phi) is 5.45. The molecule has 19 heavy (non-hydrogen) atoms. The molecule has 0 aromatic heterocycles. The van der Waals surface area contributed by atoms with E-state index in [2.05, 4.69) is 38.1 Å². The first-order valence-corrected chi connectivity index (χ1v) is 8.09. The largest absolute Gasteiger partial charge is 0.324 e. The topological polar surface area (TPSA) is 26.0 Å². The van der Waals surface area contributed by atoms with Crippen molar-refractivity contribution >= 4 is 0 Å². The van der Waals surface area contributed by atoms with Crippen molar-refractivity contribution in [3.8, 4) is 0 Å². The van der Waals surface area contributed by atoms with Crippen LogP contribution in [0.5, 0.6) is 0 Å². The number of hydrogen-bond acceptors (Lipinski definition) is 1. The highest BCUT2D eigenvalue weighted by Gasteiger charge is 2.26. The molecule has 1 saturated carbocycles. The van der Waals surface area contributed by atoms with E-state index in [1.165, 1.54) is 56.1 Å². The minimum absolute atomic E-state index is 0.241. The van der Waals surface area contributed by atoms with Gasteiger partial charge in [0.1, 0.15) is 0 Å². The quantitative estimate of drug-likeness (QED) is 0.803. The van der Waals surface area contributed by atoms with E-state index >= 15 is 0 Å². The van der Waals surface area contributed by atoms with Crippen molar-refractivity contribution in [1.82, 2.24) is 0 Å². The zero-order valence-corrected chi connectivity index (χ0v) is 12.6. The molecule has 0 heterocycles. The van der Waals surface area contributed by atoms with E-state index in [0.717, 1.165) is 5.92 Å². The Morgan fingerprint density at radius 3 is 2.53 bits per heavy atom. The summed E-state index contributed by atoms with van der Waals surface area (Å²) < 4.78 is 0. The molecule has 0 bridgehead atoms. The van der Waals surface area contributed by atoms with Crippen molar-refractivity contribution in [2.75, 3.05) is 0 Å². The van der Waals surface area contributed by atoms with Gasteiger partial charge in [-0.05, 0) is 42.2 Å². The molecule has 106 valence electrons. The van der Waals surface area contributed by atoms with Gasteiger partial charge in [-0.25, -0.2) is 0 Å². The molecular formula is C18H29N. The molecule has 0 saturated heterocycles. The van der Waals surface area contributed by atoms with Crippen LogP contribution in [-0.4, -0.2) is 0 Å². The molecule has 0 radical (unpaired) electrons. The molecule has 1 fully saturated rings. The second kappa shape index (κ2) is 7.09. The van der Waals surface area contributed by atoms with Crippen LogP contribution in [0.1, 0.15) is 69.5 Å². The summed E-state index contributed by atoms with van der Waals surface area (Å²) >= 11 is 0. The number of hydrogen-bond donors (Lipinski definition) is 1. The molecule has 3 unspecified atom stereocenters. The van der Waals surface area contributed by atoms with Gasteiger partial charge in [-0.1, -0.05) is 63.8 Å². The number of rotatable bonds is 5. The zero-order chi connectivity index (χ0) is 13.7. The van der Waals surface area contributed by atoms with Crippen molar-refractivity contribution in [1.29, 1.82) is 0 Å². The fourth-order valence-corrected chi connectivity index (χ4v) is 3.50. The van der Waals surface area contributed by atoms with Crippen LogP contribution in [0.2, 0.25) is 0 Å². The lowest BCUT2D eigenvalue weighted by Gasteiger charge is -2.32. The highest BCUT2D eigenvalue weighted by atomic mass is 14.7. The highest BCUT2D eigenvalue weighted by Crippen LogP contribution is 2.37. The number of aryl methyl sites for hydroxylation is 1. The predicted octanol–water partition coefficient (Wildman–Crippen LogP) is 4.86. The lowest BCUT2D eigenvalue weighted by Crippen LogP contribution is -2.26. The van der Waals surface area contributed by atoms with Gasteiger partial charge >= 0.3 is 0 Å². The van der Waals surface area contributed by atoms with Gasteiger partial charge in [0.25, 0.3) is 0 Å². The van der Waals surface area contributed by atoms with E-state index in [1.54, 1.807) is 0 Å². The first-order valence-electron chi connectivity index (χ1n) is 8.09. The van der Waals surface area contributed by atoms with Gasteiger partial charge in [0.05, 0.1) is 0 Å². The first kappa shape index (κ1) is 14.6. The zero-order valence-electron chi connectivity index (χ0n) is 12.6. The summed E-state index contributed by atoms with van der Waals surface area (Å²) in [5.74, 6) is 1.60. The summed E-state index contributed by atoms with van der Waals surface area (Å²) in [5.41, 5.74) is 9.28. The second-order valence-corrected chi connectivity index (χ2v) is 6.22. The van der Waals surface area contributed by atoms with Gasteiger partial charge in [0.15, 0.2) is 0 Å². The van der Waals surface area contributed by atoms with E-state index in [0.29, 0.717) is 5.92 Å². The molecule has 2 N–H and O–H groups in total. The standard InChI is InChI=1S/C18H29N/c1-3-6-15-9-11-16(12-10-15)18(19)17-8-5-7-14(4-2)13-17/h9-12,14,17-18H,3-8,13,19H2,1-2H3. The minimum atomic E-state index is 0.241. The highest BCUT2D eigenvalue weighted by molar-refractivity contribution is 5.25. The summed E-state index contributed by atoms with van der Waals surface area (Å²) in [4.78, 5) is 0. The predicted molar refractivity (Wildman–Crippen MR) is 83.1 cm³/mol. The maximum atomic E-state index is 6.51. The smallest absolute Gasteiger partial charge is 0.0323 e. The molecule has 2 rings (SSSR count). The summed E-state index contributed by atoms with van der Waals surface area (Å²) in [6, 6.07) is 9.28. The van der Waals surface area contributed by atoms with Crippen molar-refractivity contribution in [2.24, 2.45) is 17.6 Å². The summed E-state index contributed by atoms with van der Waals surface area (Å²) in [5, 5.41) is 0. The second-order valence-electron chi connectivity index (χ2n) is 6.22. The third-order valence-electron chi connectivity index (χ3n) is 4.81. The summed E-state index contributed by atoms with van der Waals surface area (Å²) in [6.45, 7) is 4.55. The molecule has 1 heteroatoms.